The maximum absolute atomic E-state index is 12.3. The number of aliphatic imine (C=N–C) groups is 1. The maximum atomic E-state index is 12.3. The third kappa shape index (κ3) is 6.58. The average molecular weight is 408 g/mol. The lowest BCUT2D eigenvalue weighted by Gasteiger charge is -2.06. The maximum Gasteiger partial charge on any atom is 0.253 e. The van der Waals surface area contributed by atoms with Gasteiger partial charge in [0.05, 0.1) is 19.2 Å². The SMILES string of the molecule is CON=C(CC(=O)N=C(N)Cc1cc(Cl)cc(Cl)c1)c1ccc(OC)cc1. The molecule has 0 bridgehead atoms. The number of nitrogens with zero attached hydrogens (tertiary/aromatic N) is 2. The summed E-state index contributed by atoms with van der Waals surface area (Å²) >= 11 is 11.9. The third-order valence-corrected chi connectivity index (χ3v) is 3.96. The molecule has 0 aromatic heterocycles. The van der Waals surface area contributed by atoms with Crippen LogP contribution in [0.4, 0.5) is 0 Å². The molecule has 0 spiro atoms. The molecule has 1 amide bonds. The number of halogens is 2. The van der Waals surface area contributed by atoms with Crippen LogP contribution in [0, 0.1) is 0 Å². The normalized spacial score (nSPS) is 12.0. The van der Waals surface area contributed by atoms with Crippen molar-refractivity contribution in [3.63, 3.8) is 0 Å². The molecule has 0 saturated carbocycles. The van der Waals surface area contributed by atoms with Crippen LogP contribution in [0.15, 0.2) is 52.6 Å². The summed E-state index contributed by atoms with van der Waals surface area (Å²) < 4.78 is 5.12. The summed E-state index contributed by atoms with van der Waals surface area (Å²) in [5, 5.41) is 4.90. The lowest BCUT2D eigenvalue weighted by molar-refractivity contribution is -0.116. The van der Waals surface area contributed by atoms with Crippen LogP contribution in [0.3, 0.4) is 0 Å². The molecule has 27 heavy (non-hydrogen) atoms. The predicted molar refractivity (Wildman–Crippen MR) is 108 cm³/mol. The molecule has 0 aliphatic carbocycles. The first-order chi connectivity index (χ1) is 12.9. The summed E-state index contributed by atoms with van der Waals surface area (Å²) in [4.78, 5) is 21.0. The van der Waals surface area contributed by atoms with Gasteiger partial charge in [-0.1, -0.05) is 28.4 Å². The average Bonchev–Trinajstić information content (AvgIpc) is 2.60. The summed E-state index contributed by atoms with van der Waals surface area (Å²) in [6, 6.07) is 12.2. The first-order valence-corrected chi connectivity index (χ1v) is 8.72. The van der Waals surface area contributed by atoms with Gasteiger partial charge in [0.15, 0.2) is 0 Å². The molecule has 2 aromatic carbocycles. The van der Waals surface area contributed by atoms with Crippen LogP contribution >= 0.6 is 23.2 Å². The van der Waals surface area contributed by atoms with E-state index in [1.165, 1.54) is 7.11 Å². The van der Waals surface area contributed by atoms with E-state index in [9.17, 15) is 4.79 Å². The Labute approximate surface area is 167 Å². The molecule has 142 valence electrons. The summed E-state index contributed by atoms with van der Waals surface area (Å²) in [5.41, 5.74) is 7.82. The van der Waals surface area contributed by atoms with Crippen LogP contribution in [0.2, 0.25) is 10.0 Å². The number of ether oxygens (including phenoxy) is 1. The molecule has 0 unspecified atom stereocenters. The van der Waals surface area contributed by atoms with Gasteiger partial charge in [0.1, 0.15) is 18.7 Å². The molecule has 0 aliphatic heterocycles. The van der Waals surface area contributed by atoms with Gasteiger partial charge in [-0.15, -0.1) is 0 Å². The minimum atomic E-state index is -0.438. The number of amidine groups is 1. The molecule has 0 atom stereocenters. The Morgan fingerprint density at radius 1 is 1.07 bits per heavy atom. The number of hydrogen-bond donors (Lipinski definition) is 1. The van der Waals surface area contributed by atoms with Crippen molar-refractivity contribution in [2.75, 3.05) is 14.2 Å². The third-order valence-electron chi connectivity index (χ3n) is 3.52. The van der Waals surface area contributed by atoms with Crippen LogP contribution in [0.1, 0.15) is 17.5 Å². The molecule has 2 aromatic rings. The molecule has 2 rings (SSSR count). The van der Waals surface area contributed by atoms with Crippen LogP contribution < -0.4 is 10.5 Å². The Balaban J connectivity index is 2.09. The van der Waals surface area contributed by atoms with Crippen LogP contribution in [0.25, 0.3) is 0 Å². The van der Waals surface area contributed by atoms with Gasteiger partial charge < -0.3 is 15.3 Å². The molecular weight excluding hydrogens is 389 g/mol. The van der Waals surface area contributed by atoms with Crippen molar-refractivity contribution in [2.45, 2.75) is 12.8 Å². The summed E-state index contributed by atoms with van der Waals surface area (Å²) in [5.74, 6) is 0.418. The van der Waals surface area contributed by atoms with Crippen molar-refractivity contribution in [3.8, 4) is 5.75 Å². The van der Waals surface area contributed by atoms with E-state index in [4.69, 9.17) is 38.5 Å². The Morgan fingerprint density at radius 2 is 1.70 bits per heavy atom. The van der Waals surface area contributed by atoms with E-state index in [-0.39, 0.29) is 18.7 Å². The molecule has 0 fully saturated rings. The fourth-order valence-electron chi connectivity index (χ4n) is 2.39. The van der Waals surface area contributed by atoms with Gasteiger partial charge in [-0.05, 0) is 48.0 Å². The number of nitrogens with two attached hydrogens (primary N) is 1. The van der Waals surface area contributed by atoms with E-state index in [2.05, 4.69) is 10.1 Å². The zero-order chi connectivity index (χ0) is 19.8. The van der Waals surface area contributed by atoms with Crippen LogP contribution in [0.5, 0.6) is 5.75 Å². The smallest absolute Gasteiger partial charge is 0.253 e. The highest BCUT2D eigenvalue weighted by Gasteiger charge is 2.12. The van der Waals surface area contributed by atoms with Gasteiger partial charge in [0.2, 0.25) is 0 Å². The van der Waals surface area contributed by atoms with E-state index in [1.807, 2.05) is 0 Å². The molecule has 8 heteroatoms. The van der Waals surface area contributed by atoms with Crippen molar-refractivity contribution < 1.29 is 14.4 Å². The Morgan fingerprint density at radius 3 is 2.26 bits per heavy atom. The summed E-state index contributed by atoms with van der Waals surface area (Å²) in [6.45, 7) is 0. The van der Waals surface area contributed by atoms with Gasteiger partial charge in [-0.25, -0.2) is 4.99 Å². The van der Waals surface area contributed by atoms with E-state index >= 15 is 0 Å². The number of amides is 1. The van der Waals surface area contributed by atoms with Crippen molar-refractivity contribution in [1.29, 1.82) is 0 Å². The quantitative estimate of drug-likeness (QED) is 0.428. The van der Waals surface area contributed by atoms with Crippen molar-refractivity contribution in [1.82, 2.24) is 0 Å². The lowest BCUT2D eigenvalue weighted by Crippen LogP contribution is -2.18. The fraction of sp³-hybridized carbons (Fsp3) is 0.211. The molecule has 0 heterocycles. The standard InChI is InChI=1S/C19H19Cl2N3O3/c1-26-16-5-3-13(4-6-16)17(24-27-2)11-19(25)23-18(22)9-12-7-14(20)10-15(21)8-12/h3-8,10H,9,11H2,1-2H3,(H2,22,23,25). The highest BCUT2D eigenvalue weighted by molar-refractivity contribution is 6.34. The molecule has 0 aliphatic rings. The molecule has 0 radical (unpaired) electrons. The highest BCUT2D eigenvalue weighted by Crippen LogP contribution is 2.19. The summed E-state index contributed by atoms with van der Waals surface area (Å²) in [7, 11) is 2.99. The van der Waals surface area contributed by atoms with Gasteiger partial charge in [0, 0.05) is 22.0 Å². The largest absolute Gasteiger partial charge is 0.497 e. The molecule has 0 saturated heterocycles. The Kier molecular flexibility index (Phi) is 7.64. The number of carbonyl (C=O) groups excluding carboxylic acids is 1. The van der Waals surface area contributed by atoms with Gasteiger partial charge >= 0.3 is 0 Å². The molecule has 2 N–H and O–H groups in total. The van der Waals surface area contributed by atoms with Gasteiger partial charge in [-0.2, -0.15) is 0 Å². The van der Waals surface area contributed by atoms with E-state index in [0.717, 1.165) is 11.1 Å². The monoisotopic (exact) mass is 407 g/mol. The number of carbonyl (C=O) groups is 1. The van der Waals surface area contributed by atoms with Crippen LogP contribution in [-0.4, -0.2) is 31.7 Å². The minimum Gasteiger partial charge on any atom is -0.497 e. The number of rotatable bonds is 7. The second-order valence-corrected chi connectivity index (χ2v) is 6.45. The predicted octanol–water partition coefficient (Wildman–Crippen LogP) is 3.87. The first kappa shape index (κ1) is 20.7. The topological polar surface area (TPSA) is 86.3 Å². The van der Waals surface area contributed by atoms with Gasteiger partial charge in [-0.3, -0.25) is 4.79 Å². The second-order valence-electron chi connectivity index (χ2n) is 5.58. The first-order valence-electron chi connectivity index (χ1n) is 7.96. The van der Waals surface area contributed by atoms with Crippen molar-refractivity contribution >= 4 is 40.7 Å². The van der Waals surface area contributed by atoms with Crippen molar-refractivity contribution in [2.24, 2.45) is 15.9 Å². The van der Waals surface area contributed by atoms with Crippen LogP contribution in [-0.2, 0) is 16.1 Å². The summed E-state index contributed by atoms with van der Waals surface area (Å²) in [6.07, 6.45) is 0.197. The number of methoxy groups -OCH3 is 1. The molecular formula is C19H19Cl2N3O3. The zero-order valence-electron chi connectivity index (χ0n) is 14.9. The minimum absolute atomic E-state index is 0.0584. The number of benzene rings is 2. The lowest BCUT2D eigenvalue weighted by atomic mass is 10.1. The van der Waals surface area contributed by atoms with E-state index in [0.29, 0.717) is 21.5 Å². The van der Waals surface area contributed by atoms with E-state index < -0.39 is 5.91 Å². The zero-order valence-corrected chi connectivity index (χ0v) is 16.4. The highest BCUT2D eigenvalue weighted by atomic mass is 35.5. The Bertz CT molecular complexity index is 845. The van der Waals surface area contributed by atoms with Crippen molar-refractivity contribution in [3.05, 3.63) is 63.6 Å². The number of hydrogen-bond acceptors (Lipinski definition) is 4. The second kappa shape index (κ2) is 9.94. The Hall–Kier alpha value is -2.57. The van der Waals surface area contributed by atoms with E-state index in [1.54, 1.807) is 49.6 Å². The fourth-order valence-corrected chi connectivity index (χ4v) is 2.96. The molecule has 6 nitrogen and oxygen atoms in total. The number of oxime groups is 1. The van der Waals surface area contributed by atoms with Gasteiger partial charge in [0.25, 0.3) is 5.91 Å².